The van der Waals surface area contributed by atoms with E-state index in [2.05, 4.69) is 37.0 Å². The minimum absolute atomic E-state index is 0.0911. The van der Waals surface area contributed by atoms with Gasteiger partial charge in [-0.1, -0.05) is 56.3 Å². The molecule has 0 spiro atoms. The SMILES string of the molecule is CCOC(=O)N=C(N)c1ccc(OCc2cccc(COc3ccc(C(C)(C)c4ccc(O)cc4)cc3)c2)cc1. The van der Waals surface area contributed by atoms with E-state index in [9.17, 15) is 9.90 Å². The zero-order valence-electron chi connectivity index (χ0n) is 23.0. The summed E-state index contributed by atoms with van der Waals surface area (Å²) < 4.78 is 16.8. The van der Waals surface area contributed by atoms with Crippen LogP contribution in [0.15, 0.2) is 102 Å². The number of rotatable bonds is 10. The van der Waals surface area contributed by atoms with Gasteiger partial charge >= 0.3 is 6.09 Å². The van der Waals surface area contributed by atoms with Crippen LogP contribution in [0.2, 0.25) is 0 Å². The lowest BCUT2D eigenvalue weighted by Crippen LogP contribution is -2.18. The van der Waals surface area contributed by atoms with Gasteiger partial charge in [-0.05, 0) is 83.8 Å². The molecular weight excluding hydrogens is 504 g/mol. The number of phenolic OH excluding ortho intramolecular Hbond substituents is 1. The lowest BCUT2D eigenvalue weighted by molar-refractivity contribution is 0.163. The van der Waals surface area contributed by atoms with Crippen molar-refractivity contribution < 1.29 is 24.1 Å². The number of carbonyl (C=O) groups excluding carboxylic acids is 1. The predicted molar refractivity (Wildman–Crippen MR) is 156 cm³/mol. The highest BCUT2D eigenvalue weighted by molar-refractivity contribution is 6.02. The Labute approximate surface area is 234 Å². The Bertz CT molecular complexity index is 1440. The van der Waals surface area contributed by atoms with Crippen molar-refractivity contribution in [2.75, 3.05) is 6.61 Å². The molecule has 0 saturated heterocycles. The number of hydrogen-bond acceptors (Lipinski definition) is 5. The van der Waals surface area contributed by atoms with E-state index >= 15 is 0 Å². The topological polar surface area (TPSA) is 103 Å². The number of aromatic hydroxyl groups is 1. The third kappa shape index (κ3) is 7.41. The largest absolute Gasteiger partial charge is 0.508 e. The molecule has 206 valence electrons. The van der Waals surface area contributed by atoms with E-state index in [1.807, 2.05) is 42.5 Å². The molecule has 0 atom stereocenters. The molecule has 0 heterocycles. The molecule has 4 aromatic carbocycles. The second-order valence-electron chi connectivity index (χ2n) is 9.81. The molecule has 0 fully saturated rings. The Balaban J connectivity index is 1.31. The van der Waals surface area contributed by atoms with E-state index in [0.717, 1.165) is 28.0 Å². The van der Waals surface area contributed by atoms with Gasteiger partial charge < -0.3 is 25.1 Å². The summed E-state index contributed by atoms with van der Waals surface area (Å²) in [4.78, 5) is 15.2. The van der Waals surface area contributed by atoms with Crippen LogP contribution in [-0.2, 0) is 23.4 Å². The zero-order chi connectivity index (χ0) is 28.5. The van der Waals surface area contributed by atoms with E-state index in [4.69, 9.17) is 19.9 Å². The van der Waals surface area contributed by atoms with Crippen LogP contribution in [0.4, 0.5) is 4.79 Å². The summed E-state index contributed by atoms with van der Waals surface area (Å²) in [6, 6.07) is 30.6. The fourth-order valence-corrected chi connectivity index (χ4v) is 4.20. The molecule has 0 saturated carbocycles. The molecule has 0 aliphatic heterocycles. The first-order valence-corrected chi connectivity index (χ1v) is 13.1. The van der Waals surface area contributed by atoms with Gasteiger partial charge in [-0.15, -0.1) is 0 Å². The van der Waals surface area contributed by atoms with Gasteiger partial charge in [0.1, 0.15) is 36.3 Å². The van der Waals surface area contributed by atoms with Gasteiger partial charge in [0.2, 0.25) is 0 Å². The third-order valence-electron chi connectivity index (χ3n) is 6.60. The first-order chi connectivity index (χ1) is 19.2. The van der Waals surface area contributed by atoms with E-state index < -0.39 is 6.09 Å². The zero-order valence-corrected chi connectivity index (χ0v) is 23.0. The smallest absolute Gasteiger partial charge is 0.435 e. The molecule has 4 rings (SSSR count). The molecule has 3 N–H and O–H groups in total. The lowest BCUT2D eigenvalue weighted by Gasteiger charge is -2.26. The van der Waals surface area contributed by atoms with Crippen LogP contribution in [-0.4, -0.2) is 23.6 Å². The molecule has 0 aliphatic rings. The molecule has 0 radical (unpaired) electrons. The fraction of sp³-hybridized carbons (Fsp3) is 0.212. The highest BCUT2D eigenvalue weighted by Gasteiger charge is 2.23. The molecule has 1 amide bonds. The summed E-state index contributed by atoms with van der Waals surface area (Å²) >= 11 is 0. The Morgan fingerprint density at radius 1 is 0.800 bits per heavy atom. The van der Waals surface area contributed by atoms with Crippen LogP contribution in [0.5, 0.6) is 17.2 Å². The van der Waals surface area contributed by atoms with Gasteiger partial charge in [-0.3, -0.25) is 0 Å². The van der Waals surface area contributed by atoms with E-state index in [1.165, 1.54) is 0 Å². The Morgan fingerprint density at radius 3 is 1.82 bits per heavy atom. The van der Waals surface area contributed by atoms with Crippen molar-refractivity contribution in [1.29, 1.82) is 0 Å². The third-order valence-corrected chi connectivity index (χ3v) is 6.60. The quantitative estimate of drug-likeness (QED) is 0.171. The summed E-state index contributed by atoms with van der Waals surface area (Å²) in [5.74, 6) is 1.81. The highest BCUT2D eigenvalue weighted by atomic mass is 16.5. The van der Waals surface area contributed by atoms with Crippen LogP contribution >= 0.6 is 0 Å². The molecule has 0 aromatic heterocycles. The number of carbonyl (C=O) groups is 1. The van der Waals surface area contributed by atoms with Crippen LogP contribution in [0, 0.1) is 0 Å². The lowest BCUT2D eigenvalue weighted by atomic mass is 9.78. The molecule has 0 unspecified atom stereocenters. The van der Waals surface area contributed by atoms with Crippen molar-refractivity contribution in [1.82, 2.24) is 0 Å². The number of benzene rings is 4. The van der Waals surface area contributed by atoms with E-state index in [0.29, 0.717) is 24.5 Å². The maximum atomic E-state index is 11.5. The number of nitrogens with zero attached hydrogens (tertiary/aromatic N) is 1. The molecule has 4 aromatic rings. The van der Waals surface area contributed by atoms with Gasteiger partial charge in [0, 0.05) is 11.0 Å². The molecule has 0 bridgehead atoms. The number of ether oxygens (including phenoxy) is 3. The number of hydrogen-bond donors (Lipinski definition) is 2. The summed E-state index contributed by atoms with van der Waals surface area (Å²) in [5, 5.41) is 9.60. The highest BCUT2D eigenvalue weighted by Crippen LogP contribution is 2.33. The number of nitrogens with two attached hydrogens (primary N) is 1. The first-order valence-electron chi connectivity index (χ1n) is 13.1. The Hall–Kier alpha value is -4.78. The molecule has 7 heteroatoms. The molecule has 7 nitrogen and oxygen atoms in total. The average molecular weight is 539 g/mol. The second-order valence-corrected chi connectivity index (χ2v) is 9.81. The minimum atomic E-state index is -0.712. The molecular formula is C33H34N2O5. The van der Waals surface area contributed by atoms with Crippen LogP contribution in [0.1, 0.15) is 48.6 Å². The number of aliphatic imine (C=N–C) groups is 1. The maximum Gasteiger partial charge on any atom is 0.435 e. The monoisotopic (exact) mass is 538 g/mol. The summed E-state index contributed by atoms with van der Waals surface area (Å²) in [7, 11) is 0. The summed E-state index contributed by atoms with van der Waals surface area (Å²) in [5.41, 5.74) is 10.6. The summed E-state index contributed by atoms with van der Waals surface area (Å²) in [6.07, 6.45) is -0.712. The van der Waals surface area contributed by atoms with Gasteiger partial charge in [-0.25, -0.2) is 4.79 Å². The fourth-order valence-electron chi connectivity index (χ4n) is 4.20. The number of phenols is 1. The minimum Gasteiger partial charge on any atom is -0.508 e. The first kappa shape index (κ1) is 28.2. The maximum absolute atomic E-state index is 11.5. The summed E-state index contributed by atoms with van der Waals surface area (Å²) in [6.45, 7) is 7.09. The van der Waals surface area contributed by atoms with E-state index in [1.54, 1.807) is 43.3 Å². The number of amides is 1. The van der Waals surface area contributed by atoms with Gasteiger partial charge in [-0.2, -0.15) is 4.99 Å². The second kappa shape index (κ2) is 12.8. The molecule has 0 aliphatic carbocycles. The predicted octanol–water partition coefficient (Wildman–Crippen LogP) is 6.74. The van der Waals surface area contributed by atoms with Gasteiger partial charge in [0.15, 0.2) is 0 Å². The van der Waals surface area contributed by atoms with Crippen LogP contribution in [0.3, 0.4) is 0 Å². The normalized spacial score (nSPS) is 11.6. The van der Waals surface area contributed by atoms with Crippen LogP contribution < -0.4 is 15.2 Å². The average Bonchev–Trinajstić information content (AvgIpc) is 2.96. The van der Waals surface area contributed by atoms with Crippen LogP contribution in [0.25, 0.3) is 0 Å². The Kier molecular flexibility index (Phi) is 9.07. The molecule has 40 heavy (non-hydrogen) atoms. The van der Waals surface area contributed by atoms with E-state index in [-0.39, 0.29) is 23.6 Å². The Morgan fingerprint density at radius 2 is 1.30 bits per heavy atom. The van der Waals surface area contributed by atoms with Crippen molar-refractivity contribution in [2.24, 2.45) is 10.7 Å². The van der Waals surface area contributed by atoms with Crippen molar-refractivity contribution in [3.63, 3.8) is 0 Å². The van der Waals surface area contributed by atoms with Crippen molar-refractivity contribution in [3.8, 4) is 17.2 Å². The van der Waals surface area contributed by atoms with Crippen molar-refractivity contribution in [2.45, 2.75) is 39.4 Å². The standard InChI is InChI=1S/C33H34N2O5/c1-4-38-32(37)35-31(34)25-8-16-29(17-9-25)39-21-23-6-5-7-24(20-23)22-40-30-18-12-27(13-19-30)33(2,3)26-10-14-28(36)15-11-26/h5-20,36H,4,21-22H2,1-3H3,(H2,34,35,37). The van der Waals surface area contributed by atoms with Crippen molar-refractivity contribution >= 4 is 11.9 Å². The van der Waals surface area contributed by atoms with Gasteiger partial charge in [0.25, 0.3) is 0 Å². The van der Waals surface area contributed by atoms with Crippen molar-refractivity contribution in [3.05, 3.63) is 125 Å². The van der Waals surface area contributed by atoms with Gasteiger partial charge in [0.05, 0.1) is 6.61 Å². The number of amidine groups is 1.